The third-order valence-corrected chi connectivity index (χ3v) is 2.14. The van der Waals surface area contributed by atoms with Crippen molar-refractivity contribution in [2.75, 3.05) is 0 Å². The molecule has 0 atom stereocenters. The van der Waals surface area contributed by atoms with Gasteiger partial charge < -0.3 is 4.74 Å². The summed E-state index contributed by atoms with van der Waals surface area (Å²) >= 11 is 0. The first-order valence-electron chi connectivity index (χ1n) is 4.76. The predicted molar refractivity (Wildman–Crippen MR) is 56.1 cm³/mol. The van der Waals surface area contributed by atoms with Gasteiger partial charge in [0.1, 0.15) is 5.75 Å². The number of carbonyl (C=O) groups excluding carboxylic acids is 1. The molecule has 1 aromatic carbocycles. The quantitative estimate of drug-likeness (QED) is 0.542. The highest BCUT2D eigenvalue weighted by molar-refractivity contribution is 5.81. The van der Waals surface area contributed by atoms with Crippen LogP contribution in [-0.2, 0) is 4.79 Å². The van der Waals surface area contributed by atoms with E-state index in [2.05, 4.69) is 0 Å². The SMILES string of the molecule is CC[CH]C(=O)Oc1cccc(C)c1C. The Morgan fingerprint density at radius 1 is 1.43 bits per heavy atom. The van der Waals surface area contributed by atoms with Gasteiger partial charge in [0, 0.05) is 0 Å². The lowest BCUT2D eigenvalue weighted by Gasteiger charge is -2.08. The van der Waals surface area contributed by atoms with Gasteiger partial charge in [-0.05, 0) is 37.5 Å². The van der Waals surface area contributed by atoms with Gasteiger partial charge in [-0.3, -0.25) is 4.79 Å². The number of ether oxygens (including phenoxy) is 1. The third kappa shape index (κ3) is 2.59. The molecule has 0 bridgehead atoms. The Balaban J connectivity index is 2.76. The molecule has 1 radical (unpaired) electrons. The van der Waals surface area contributed by atoms with Gasteiger partial charge in [-0.1, -0.05) is 19.1 Å². The van der Waals surface area contributed by atoms with Gasteiger partial charge in [0.15, 0.2) is 0 Å². The molecule has 0 unspecified atom stereocenters. The van der Waals surface area contributed by atoms with Crippen molar-refractivity contribution in [3.63, 3.8) is 0 Å². The zero-order chi connectivity index (χ0) is 10.6. The minimum Gasteiger partial charge on any atom is -0.426 e. The Hall–Kier alpha value is -1.31. The monoisotopic (exact) mass is 191 g/mol. The van der Waals surface area contributed by atoms with E-state index < -0.39 is 0 Å². The van der Waals surface area contributed by atoms with Gasteiger partial charge >= 0.3 is 5.97 Å². The molecule has 1 aromatic rings. The van der Waals surface area contributed by atoms with Gasteiger partial charge in [0.25, 0.3) is 0 Å². The standard InChI is InChI=1S/C12H15O2/c1-4-6-12(13)14-11-8-5-7-9(2)10(11)3/h5-8H,4H2,1-3H3. The number of esters is 1. The first-order valence-corrected chi connectivity index (χ1v) is 4.76. The molecule has 0 aromatic heterocycles. The van der Waals surface area contributed by atoms with Crippen LogP contribution in [0.25, 0.3) is 0 Å². The van der Waals surface area contributed by atoms with Crippen molar-refractivity contribution in [2.45, 2.75) is 27.2 Å². The predicted octanol–water partition coefficient (Wildman–Crippen LogP) is 2.82. The molecule has 0 heterocycles. The van der Waals surface area contributed by atoms with E-state index in [0.29, 0.717) is 12.2 Å². The van der Waals surface area contributed by atoms with Crippen molar-refractivity contribution in [1.82, 2.24) is 0 Å². The van der Waals surface area contributed by atoms with E-state index in [9.17, 15) is 4.79 Å². The lowest BCUT2D eigenvalue weighted by Crippen LogP contribution is -2.08. The summed E-state index contributed by atoms with van der Waals surface area (Å²) in [6, 6.07) is 5.69. The molecule has 14 heavy (non-hydrogen) atoms. The minimum atomic E-state index is -0.277. The van der Waals surface area contributed by atoms with Crippen molar-refractivity contribution in [3.05, 3.63) is 35.7 Å². The maximum Gasteiger partial charge on any atom is 0.315 e. The molecule has 0 fully saturated rings. The smallest absolute Gasteiger partial charge is 0.315 e. The van der Waals surface area contributed by atoms with E-state index in [0.717, 1.165) is 11.1 Å². The van der Waals surface area contributed by atoms with Crippen LogP contribution in [0.2, 0.25) is 0 Å². The van der Waals surface area contributed by atoms with Crippen molar-refractivity contribution in [1.29, 1.82) is 0 Å². The summed E-state index contributed by atoms with van der Waals surface area (Å²) in [5.41, 5.74) is 2.15. The molecule has 1 rings (SSSR count). The van der Waals surface area contributed by atoms with Crippen LogP contribution in [0, 0.1) is 20.3 Å². The minimum absolute atomic E-state index is 0.277. The molecule has 0 N–H and O–H groups in total. The highest BCUT2D eigenvalue weighted by atomic mass is 16.5. The van der Waals surface area contributed by atoms with E-state index in [1.807, 2.05) is 39.0 Å². The van der Waals surface area contributed by atoms with E-state index in [1.165, 1.54) is 6.42 Å². The normalized spacial score (nSPS) is 9.93. The van der Waals surface area contributed by atoms with Crippen LogP contribution < -0.4 is 4.74 Å². The zero-order valence-corrected chi connectivity index (χ0v) is 8.83. The first kappa shape index (κ1) is 10.8. The summed E-state index contributed by atoms with van der Waals surface area (Å²) in [6.45, 7) is 5.85. The van der Waals surface area contributed by atoms with E-state index in [1.54, 1.807) is 0 Å². The first-order chi connectivity index (χ1) is 6.65. The van der Waals surface area contributed by atoms with Crippen LogP contribution in [0.4, 0.5) is 0 Å². The molecule has 0 amide bonds. The van der Waals surface area contributed by atoms with E-state index in [-0.39, 0.29) is 5.97 Å². The largest absolute Gasteiger partial charge is 0.426 e. The summed E-state index contributed by atoms with van der Waals surface area (Å²) in [6.07, 6.45) is 2.23. The van der Waals surface area contributed by atoms with Gasteiger partial charge in [-0.2, -0.15) is 0 Å². The topological polar surface area (TPSA) is 26.3 Å². The van der Waals surface area contributed by atoms with Crippen molar-refractivity contribution in [3.8, 4) is 5.75 Å². The second kappa shape index (κ2) is 4.80. The molecule has 2 heteroatoms. The fraction of sp³-hybridized carbons (Fsp3) is 0.333. The Morgan fingerprint density at radius 2 is 2.14 bits per heavy atom. The number of aryl methyl sites for hydroxylation is 1. The van der Waals surface area contributed by atoms with Crippen molar-refractivity contribution >= 4 is 5.97 Å². The van der Waals surface area contributed by atoms with Crippen LogP contribution in [0.1, 0.15) is 24.5 Å². The van der Waals surface area contributed by atoms with Gasteiger partial charge in [0.05, 0.1) is 6.42 Å². The van der Waals surface area contributed by atoms with Crippen LogP contribution >= 0.6 is 0 Å². The third-order valence-electron chi connectivity index (χ3n) is 2.14. The summed E-state index contributed by atoms with van der Waals surface area (Å²) in [5, 5.41) is 0. The summed E-state index contributed by atoms with van der Waals surface area (Å²) in [7, 11) is 0. The average Bonchev–Trinajstić information content (AvgIpc) is 2.13. The second-order valence-corrected chi connectivity index (χ2v) is 3.23. The summed E-state index contributed by atoms with van der Waals surface area (Å²) < 4.78 is 5.17. The molecule has 0 aliphatic carbocycles. The molecular formula is C12H15O2. The molecule has 0 spiro atoms. The van der Waals surface area contributed by atoms with E-state index in [4.69, 9.17) is 4.74 Å². The molecule has 75 valence electrons. The Labute approximate surface area is 84.9 Å². The zero-order valence-electron chi connectivity index (χ0n) is 8.83. The maximum absolute atomic E-state index is 11.2. The van der Waals surface area contributed by atoms with Crippen LogP contribution in [0.5, 0.6) is 5.75 Å². The molecule has 0 saturated carbocycles. The number of carbonyl (C=O) groups is 1. The number of rotatable bonds is 3. The second-order valence-electron chi connectivity index (χ2n) is 3.23. The van der Waals surface area contributed by atoms with Gasteiger partial charge in [-0.15, -0.1) is 0 Å². The Bertz CT molecular complexity index is 329. The Kier molecular flexibility index (Phi) is 3.69. The van der Waals surface area contributed by atoms with Crippen LogP contribution in [0.3, 0.4) is 0 Å². The molecule has 0 saturated heterocycles. The molecule has 0 aliphatic rings. The van der Waals surface area contributed by atoms with Gasteiger partial charge in [-0.25, -0.2) is 0 Å². The summed E-state index contributed by atoms with van der Waals surface area (Å²) in [5.74, 6) is 0.376. The number of hydrogen-bond donors (Lipinski definition) is 0. The van der Waals surface area contributed by atoms with Gasteiger partial charge in [0.2, 0.25) is 0 Å². The maximum atomic E-state index is 11.2. The van der Waals surface area contributed by atoms with E-state index >= 15 is 0 Å². The lowest BCUT2D eigenvalue weighted by molar-refractivity contribution is -0.130. The van der Waals surface area contributed by atoms with Crippen LogP contribution in [-0.4, -0.2) is 5.97 Å². The highest BCUT2D eigenvalue weighted by Crippen LogP contribution is 2.20. The van der Waals surface area contributed by atoms with Crippen LogP contribution in [0.15, 0.2) is 18.2 Å². The fourth-order valence-electron chi connectivity index (χ4n) is 1.15. The van der Waals surface area contributed by atoms with Crippen molar-refractivity contribution in [2.24, 2.45) is 0 Å². The fourth-order valence-corrected chi connectivity index (χ4v) is 1.15. The lowest BCUT2D eigenvalue weighted by atomic mass is 10.1. The average molecular weight is 191 g/mol. The number of hydrogen-bond acceptors (Lipinski definition) is 2. The Morgan fingerprint density at radius 3 is 2.79 bits per heavy atom. The molecular weight excluding hydrogens is 176 g/mol. The highest BCUT2D eigenvalue weighted by Gasteiger charge is 2.06. The summed E-state index contributed by atoms with van der Waals surface area (Å²) in [4.78, 5) is 11.2. The number of benzene rings is 1. The molecule has 2 nitrogen and oxygen atoms in total. The van der Waals surface area contributed by atoms with Crippen molar-refractivity contribution < 1.29 is 9.53 Å². The molecule has 0 aliphatic heterocycles.